The van der Waals surface area contributed by atoms with Crippen LogP contribution in [0.15, 0.2) is 48.5 Å². The number of anilines is 1. The Labute approximate surface area is 128 Å². The molecule has 0 aliphatic carbocycles. The van der Waals surface area contributed by atoms with Gasteiger partial charge in [-0.1, -0.05) is 17.7 Å². The molecule has 0 spiro atoms. The summed E-state index contributed by atoms with van der Waals surface area (Å²) in [6.07, 6.45) is 0. The summed E-state index contributed by atoms with van der Waals surface area (Å²) >= 11 is 5.85. The maximum Gasteiger partial charge on any atom is 0.264 e. The van der Waals surface area contributed by atoms with Gasteiger partial charge in [-0.25, -0.2) is 0 Å². The number of carbonyl (C=O) groups excluding carboxylic acids is 1. The van der Waals surface area contributed by atoms with Crippen LogP contribution in [-0.2, 0) is 4.79 Å². The SMILES string of the molecule is CN(C(=O)COc1cccc(Cl)c1)c1ccc(C#N)cc1. The zero-order valence-electron chi connectivity index (χ0n) is 11.4. The topological polar surface area (TPSA) is 53.3 Å². The molecule has 4 nitrogen and oxygen atoms in total. The number of benzene rings is 2. The number of ether oxygens (including phenoxy) is 1. The molecule has 0 aliphatic rings. The number of nitriles is 1. The Morgan fingerprint density at radius 2 is 2.00 bits per heavy atom. The molecule has 1 amide bonds. The number of amides is 1. The van der Waals surface area contributed by atoms with Crippen LogP contribution >= 0.6 is 11.6 Å². The summed E-state index contributed by atoms with van der Waals surface area (Å²) in [5, 5.41) is 9.30. The predicted molar refractivity (Wildman–Crippen MR) is 81.5 cm³/mol. The zero-order valence-corrected chi connectivity index (χ0v) is 12.2. The molecule has 0 bridgehead atoms. The molecule has 0 saturated carbocycles. The number of likely N-dealkylation sites (N-methyl/N-ethyl adjacent to an activating group) is 1. The normalized spacial score (nSPS) is 9.76. The number of halogens is 1. The average Bonchev–Trinajstić information content (AvgIpc) is 2.52. The number of rotatable bonds is 4. The highest BCUT2D eigenvalue weighted by molar-refractivity contribution is 6.30. The molecule has 0 fully saturated rings. The minimum absolute atomic E-state index is 0.0865. The van der Waals surface area contributed by atoms with E-state index in [1.54, 1.807) is 55.6 Å². The summed E-state index contributed by atoms with van der Waals surface area (Å²) in [6, 6.07) is 15.7. The molecule has 0 aliphatic heterocycles. The largest absolute Gasteiger partial charge is 0.484 e. The number of carbonyl (C=O) groups is 1. The Balaban J connectivity index is 1.97. The second kappa shape index (κ2) is 6.78. The summed E-state index contributed by atoms with van der Waals surface area (Å²) < 4.78 is 5.41. The van der Waals surface area contributed by atoms with Crippen LogP contribution in [0.5, 0.6) is 5.75 Å². The Bertz CT molecular complexity index is 677. The first-order valence-electron chi connectivity index (χ1n) is 6.25. The van der Waals surface area contributed by atoms with Crippen molar-refractivity contribution < 1.29 is 9.53 Å². The smallest absolute Gasteiger partial charge is 0.264 e. The van der Waals surface area contributed by atoms with Crippen molar-refractivity contribution in [3.8, 4) is 11.8 Å². The lowest BCUT2D eigenvalue weighted by atomic mass is 10.2. The lowest BCUT2D eigenvalue weighted by Gasteiger charge is -2.17. The van der Waals surface area contributed by atoms with Crippen molar-refractivity contribution in [1.82, 2.24) is 0 Å². The van der Waals surface area contributed by atoms with Crippen LogP contribution in [0.4, 0.5) is 5.69 Å². The summed E-state index contributed by atoms with van der Waals surface area (Å²) in [4.78, 5) is 13.5. The zero-order chi connectivity index (χ0) is 15.2. The quantitative estimate of drug-likeness (QED) is 0.871. The summed E-state index contributed by atoms with van der Waals surface area (Å²) in [7, 11) is 1.66. The number of nitrogens with zero attached hydrogens (tertiary/aromatic N) is 2. The molecule has 0 heterocycles. The van der Waals surface area contributed by atoms with Crippen molar-refractivity contribution in [1.29, 1.82) is 5.26 Å². The van der Waals surface area contributed by atoms with E-state index >= 15 is 0 Å². The minimum Gasteiger partial charge on any atom is -0.484 e. The van der Waals surface area contributed by atoms with Gasteiger partial charge in [0, 0.05) is 17.8 Å². The van der Waals surface area contributed by atoms with Crippen LogP contribution < -0.4 is 9.64 Å². The van der Waals surface area contributed by atoms with Crippen molar-refractivity contribution in [2.24, 2.45) is 0 Å². The van der Waals surface area contributed by atoms with E-state index in [9.17, 15) is 4.79 Å². The standard InChI is InChI=1S/C16H13ClN2O2/c1-19(14-7-5-12(10-18)6-8-14)16(20)11-21-15-4-2-3-13(17)9-15/h2-9H,11H2,1H3. The van der Waals surface area contributed by atoms with Crippen LogP contribution in [0.1, 0.15) is 5.56 Å². The Hall–Kier alpha value is -2.51. The molecule has 0 N–H and O–H groups in total. The van der Waals surface area contributed by atoms with Crippen LogP contribution in [0.2, 0.25) is 5.02 Å². The van der Waals surface area contributed by atoms with Gasteiger partial charge in [-0.05, 0) is 42.5 Å². The second-order valence-corrected chi connectivity index (χ2v) is 4.79. The molecule has 0 aromatic heterocycles. The second-order valence-electron chi connectivity index (χ2n) is 4.36. The van der Waals surface area contributed by atoms with Gasteiger partial charge < -0.3 is 9.64 Å². The van der Waals surface area contributed by atoms with E-state index < -0.39 is 0 Å². The van der Waals surface area contributed by atoms with Gasteiger partial charge in [0.05, 0.1) is 11.6 Å². The molecule has 2 aromatic carbocycles. The van der Waals surface area contributed by atoms with Crippen molar-refractivity contribution in [2.45, 2.75) is 0 Å². The van der Waals surface area contributed by atoms with Gasteiger partial charge in [-0.2, -0.15) is 5.26 Å². The molecule has 0 radical (unpaired) electrons. The van der Waals surface area contributed by atoms with Gasteiger partial charge in [0.25, 0.3) is 5.91 Å². The molecule has 2 rings (SSSR count). The Kier molecular flexibility index (Phi) is 4.81. The van der Waals surface area contributed by atoms with Crippen molar-refractivity contribution in [3.63, 3.8) is 0 Å². The van der Waals surface area contributed by atoms with E-state index in [2.05, 4.69) is 0 Å². The maximum atomic E-state index is 12.1. The highest BCUT2D eigenvalue weighted by Gasteiger charge is 2.11. The van der Waals surface area contributed by atoms with Crippen molar-refractivity contribution in [3.05, 3.63) is 59.1 Å². The van der Waals surface area contributed by atoms with Crippen molar-refractivity contribution in [2.75, 3.05) is 18.6 Å². The molecular formula is C16H13ClN2O2. The van der Waals surface area contributed by atoms with Gasteiger partial charge >= 0.3 is 0 Å². The fourth-order valence-electron chi connectivity index (χ4n) is 1.70. The number of hydrogen-bond acceptors (Lipinski definition) is 3. The third kappa shape index (κ3) is 3.98. The molecule has 0 saturated heterocycles. The van der Waals surface area contributed by atoms with E-state index in [4.69, 9.17) is 21.6 Å². The van der Waals surface area contributed by atoms with Crippen LogP contribution in [0.3, 0.4) is 0 Å². The summed E-state index contributed by atoms with van der Waals surface area (Å²) in [5.41, 5.74) is 1.25. The van der Waals surface area contributed by atoms with Gasteiger partial charge in [-0.15, -0.1) is 0 Å². The first kappa shape index (κ1) is 14.9. The molecule has 21 heavy (non-hydrogen) atoms. The van der Waals surface area contributed by atoms with E-state index in [1.807, 2.05) is 6.07 Å². The minimum atomic E-state index is -0.195. The van der Waals surface area contributed by atoms with Crippen molar-refractivity contribution >= 4 is 23.2 Å². The first-order valence-corrected chi connectivity index (χ1v) is 6.63. The Morgan fingerprint density at radius 3 is 2.62 bits per heavy atom. The van der Waals surface area contributed by atoms with Gasteiger partial charge in [0.15, 0.2) is 6.61 Å². The van der Waals surface area contributed by atoms with E-state index in [0.29, 0.717) is 22.0 Å². The summed E-state index contributed by atoms with van der Waals surface area (Å²) in [6.45, 7) is -0.0865. The highest BCUT2D eigenvalue weighted by atomic mass is 35.5. The first-order chi connectivity index (χ1) is 10.1. The molecule has 0 atom stereocenters. The monoisotopic (exact) mass is 300 g/mol. The molecule has 5 heteroatoms. The van der Waals surface area contributed by atoms with E-state index in [-0.39, 0.29) is 12.5 Å². The van der Waals surface area contributed by atoms with Gasteiger partial charge in [0.2, 0.25) is 0 Å². The fraction of sp³-hybridized carbons (Fsp3) is 0.125. The highest BCUT2D eigenvalue weighted by Crippen LogP contribution is 2.18. The lowest BCUT2D eigenvalue weighted by molar-refractivity contribution is -0.120. The maximum absolute atomic E-state index is 12.1. The lowest BCUT2D eigenvalue weighted by Crippen LogP contribution is -2.31. The van der Waals surface area contributed by atoms with E-state index in [0.717, 1.165) is 0 Å². The van der Waals surface area contributed by atoms with Gasteiger partial charge in [0.1, 0.15) is 5.75 Å². The fourth-order valence-corrected chi connectivity index (χ4v) is 1.88. The summed E-state index contributed by atoms with van der Waals surface area (Å²) in [5.74, 6) is 0.351. The molecular weight excluding hydrogens is 288 g/mol. The van der Waals surface area contributed by atoms with E-state index in [1.165, 1.54) is 4.90 Å². The van der Waals surface area contributed by atoms with Crippen LogP contribution in [0, 0.1) is 11.3 Å². The van der Waals surface area contributed by atoms with Gasteiger partial charge in [-0.3, -0.25) is 4.79 Å². The average molecular weight is 301 g/mol. The van der Waals surface area contributed by atoms with Crippen LogP contribution in [0.25, 0.3) is 0 Å². The third-order valence-corrected chi connectivity index (χ3v) is 3.15. The predicted octanol–water partition coefficient (Wildman–Crippen LogP) is 3.25. The molecule has 106 valence electrons. The molecule has 2 aromatic rings. The molecule has 0 unspecified atom stereocenters. The Morgan fingerprint density at radius 1 is 1.29 bits per heavy atom. The van der Waals surface area contributed by atoms with Crippen LogP contribution in [-0.4, -0.2) is 19.6 Å². The number of hydrogen-bond donors (Lipinski definition) is 0. The third-order valence-electron chi connectivity index (χ3n) is 2.92.